The van der Waals surface area contributed by atoms with E-state index in [0.717, 1.165) is 11.4 Å². The average molecular weight is 1070 g/mol. The average Bonchev–Trinajstić information content (AvgIpc) is 4.09. The van der Waals surface area contributed by atoms with Crippen molar-refractivity contribution >= 4 is 101 Å². The third-order valence-electron chi connectivity index (χ3n) is 13.5. The first-order valence-corrected chi connectivity index (χ1v) is 27.3. The van der Waals surface area contributed by atoms with E-state index in [0.29, 0.717) is 81.8 Å². The zero-order valence-corrected chi connectivity index (χ0v) is 43.5. The Balaban J connectivity index is 0.000000186. The minimum absolute atomic E-state index is 0.0496. The minimum atomic E-state index is -3.84. The zero-order valence-electron chi connectivity index (χ0n) is 41.8. The van der Waals surface area contributed by atoms with Crippen LogP contribution in [-0.4, -0.2) is 72.3 Å². The van der Waals surface area contributed by atoms with Gasteiger partial charge in [0.2, 0.25) is 0 Å². The topological polar surface area (TPSA) is 291 Å². The highest BCUT2D eigenvalue weighted by atomic mass is 32.2. The monoisotopic (exact) mass is 1070 g/mol. The Hall–Kier alpha value is -8.36. The smallest absolute Gasteiger partial charge is 0.303 e. The maximum atomic E-state index is 13.0. The normalized spacial score (nSPS) is 17.2. The summed E-state index contributed by atoms with van der Waals surface area (Å²) in [5.74, 6) is -2.83. The summed E-state index contributed by atoms with van der Waals surface area (Å²) in [6, 6.07) is 25.4. The molecule has 10 rings (SSSR count). The van der Waals surface area contributed by atoms with E-state index < -0.39 is 32.0 Å². The van der Waals surface area contributed by atoms with Crippen molar-refractivity contribution in [3.05, 3.63) is 153 Å². The van der Waals surface area contributed by atoms with Gasteiger partial charge in [-0.2, -0.15) is 0 Å². The number of nitrogens with one attached hydrogen (secondary N) is 6. The number of carboxylic acid groups (broad SMARTS) is 2. The Bertz CT molecular complexity index is 3480. The van der Waals surface area contributed by atoms with E-state index in [1.807, 2.05) is 27.7 Å². The molecule has 6 aromatic rings. The predicted octanol–water partition coefficient (Wildman–Crippen LogP) is 8.96. The van der Waals surface area contributed by atoms with Gasteiger partial charge in [0.25, 0.3) is 31.9 Å². The molecule has 4 aliphatic rings. The molecule has 2 amide bonds. The molecule has 4 aromatic carbocycles. The molecule has 76 heavy (non-hydrogen) atoms. The van der Waals surface area contributed by atoms with E-state index in [4.69, 9.17) is 0 Å². The number of anilines is 4. The van der Waals surface area contributed by atoms with Gasteiger partial charge in [-0.25, -0.2) is 16.8 Å². The molecule has 2 aliphatic carbocycles. The Morgan fingerprint density at radius 1 is 0.553 bits per heavy atom. The van der Waals surface area contributed by atoms with Gasteiger partial charge in [0.1, 0.15) is 0 Å². The van der Waals surface area contributed by atoms with E-state index in [2.05, 4.69) is 30.0 Å². The molecule has 20 heteroatoms. The van der Waals surface area contributed by atoms with Crippen LogP contribution in [0.2, 0.25) is 0 Å². The number of Topliss-reactive ketones (excluding diaryl/α,β-unsaturated/α-hetero) is 2. The summed E-state index contributed by atoms with van der Waals surface area (Å²) in [4.78, 5) is 81.4. The number of aromatic amines is 2. The molecule has 0 atom stereocenters. The number of hydrogen-bond donors (Lipinski definition) is 8. The molecule has 0 unspecified atom stereocenters. The maximum absolute atomic E-state index is 13.0. The van der Waals surface area contributed by atoms with E-state index >= 15 is 0 Å². The molecule has 0 radical (unpaired) electrons. The third kappa shape index (κ3) is 11.0. The number of sulfonamides is 2. The van der Waals surface area contributed by atoms with Crippen LogP contribution in [0.15, 0.2) is 107 Å². The first-order valence-electron chi connectivity index (χ1n) is 24.3. The van der Waals surface area contributed by atoms with Gasteiger partial charge in [-0.15, -0.1) is 0 Å². The van der Waals surface area contributed by atoms with Crippen LogP contribution in [0.5, 0.6) is 0 Å². The highest BCUT2D eigenvalue weighted by molar-refractivity contribution is 7.93. The number of benzene rings is 4. The van der Waals surface area contributed by atoms with E-state index in [-0.39, 0.29) is 92.2 Å². The van der Waals surface area contributed by atoms with Crippen molar-refractivity contribution in [1.29, 1.82) is 0 Å². The lowest BCUT2D eigenvalue weighted by atomic mass is 9.75. The van der Waals surface area contributed by atoms with Crippen LogP contribution in [0.4, 0.5) is 22.7 Å². The molecular formula is C56H54N6O12S2. The second-order valence-electron chi connectivity index (χ2n) is 20.8. The summed E-state index contributed by atoms with van der Waals surface area (Å²) in [7, 11) is -7.67. The van der Waals surface area contributed by atoms with Crippen LogP contribution in [0.1, 0.15) is 119 Å². The fourth-order valence-electron chi connectivity index (χ4n) is 10.2. The van der Waals surface area contributed by atoms with Crippen molar-refractivity contribution in [3.63, 3.8) is 0 Å². The number of rotatable bonds is 14. The summed E-state index contributed by atoms with van der Waals surface area (Å²) in [5, 5.41) is 24.1. The summed E-state index contributed by atoms with van der Waals surface area (Å²) in [6.45, 7) is 8.01. The van der Waals surface area contributed by atoms with Crippen LogP contribution >= 0.6 is 0 Å². The van der Waals surface area contributed by atoms with Crippen LogP contribution in [0.3, 0.4) is 0 Å². The van der Waals surface area contributed by atoms with E-state index in [1.165, 1.54) is 24.3 Å². The lowest BCUT2D eigenvalue weighted by molar-refractivity contribution is -0.138. The lowest BCUT2D eigenvalue weighted by Gasteiger charge is -2.28. The van der Waals surface area contributed by atoms with E-state index in [1.54, 1.807) is 84.9 Å². The Kier molecular flexibility index (Phi) is 13.9. The summed E-state index contributed by atoms with van der Waals surface area (Å²) < 4.78 is 56.4. The van der Waals surface area contributed by atoms with Gasteiger partial charge < -0.3 is 30.8 Å². The molecule has 0 saturated carbocycles. The molecule has 4 heterocycles. The van der Waals surface area contributed by atoms with Crippen molar-refractivity contribution in [3.8, 4) is 0 Å². The molecule has 0 fully saturated rings. The Morgan fingerprint density at radius 3 is 1.28 bits per heavy atom. The summed E-state index contributed by atoms with van der Waals surface area (Å²) >= 11 is 0. The van der Waals surface area contributed by atoms with Crippen LogP contribution in [-0.2, 0) is 64.9 Å². The van der Waals surface area contributed by atoms with Crippen LogP contribution in [0, 0.1) is 10.8 Å². The number of carbonyl (C=O) groups is 6. The number of aliphatic carboxylic acids is 2. The van der Waals surface area contributed by atoms with Gasteiger partial charge in [0, 0.05) is 93.5 Å². The maximum Gasteiger partial charge on any atom is 0.303 e. The second-order valence-corrected chi connectivity index (χ2v) is 24.2. The van der Waals surface area contributed by atoms with Crippen molar-refractivity contribution < 1.29 is 55.8 Å². The lowest BCUT2D eigenvalue weighted by Crippen LogP contribution is -2.27. The molecular weight excluding hydrogens is 1010 g/mol. The quantitative estimate of drug-likeness (QED) is 0.0474. The number of carbonyl (C=O) groups excluding carboxylic acids is 4. The van der Waals surface area contributed by atoms with Gasteiger partial charge in [0.15, 0.2) is 11.6 Å². The second kappa shape index (κ2) is 20.1. The van der Waals surface area contributed by atoms with Crippen LogP contribution < -0.4 is 20.1 Å². The zero-order chi connectivity index (χ0) is 54.5. The first kappa shape index (κ1) is 52.5. The summed E-state index contributed by atoms with van der Waals surface area (Å²) in [6.07, 6.45) is 5.12. The highest BCUT2D eigenvalue weighted by Crippen LogP contribution is 2.43. The molecule has 392 valence electrons. The van der Waals surface area contributed by atoms with Crippen molar-refractivity contribution in [2.45, 2.75) is 88.9 Å². The van der Waals surface area contributed by atoms with Crippen molar-refractivity contribution in [2.75, 3.05) is 20.1 Å². The largest absolute Gasteiger partial charge is 0.481 e. The Labute approximate surface area is 438 Å². The van der Waals surface area contributed by atoms with Crippen molar-refractivity contribution in [2.24, 2.45) is 10.8 Å². The molecule has 2 aromatic heterocycles. The van der Waals surface area contributed by atoms with Gasteiger partial charge in [0.05, 0.1) is 20.9 Å². The third-order valence-corrected chi connectivity index (χ3v) is 16.3. The van der Waals surface area contributed by atoms with Gasteiger partial charge in [-0.05, 0) is 120 Å². The number of hydrogen-bond acceptors (Lipinski definition) is 10. The fraction of sp³-hybridized carbons (Fsp3) is 0.250. The highest BCUT2D eigenvalue weighted by Gasteiger charge is 2.38. The number of carboxylic acids is 2. The number of fused-ring (bicyclic) bond motifs is 4. The molecule has 0 saturated heterocycles. The van der Waals surface area contributed by atoms with Gasteiger partial charge in [-0.1, -0.05) is 64.1 Å². The van der Waals surface area contributed by atoms with Gasteiger partial charge in [-0.3, -0.25) is 38.2 Å². The fourth-order valence-corrected chi connectivity index (χ4v) is 12.4. The number of aromatic nitrogens is 2. The minimum Gasteiger partial charge on any atom is -0.481 e. The Morgan fingerprint density at radius 2 is 0.921 bits per heavy atom. The number of ketones is 2. The van der Waals surface area contributed by atoms with Crippen LogP contribution in [0.25, 0.3) is 23.3 Å². The SMILES string of the molecule is CC1(C)CC(=O)c2c([nH]c(/C=C3\C(=O)Nc4ccc(NS(=O)(=O)c5ccccc5)cc43)c2CCC(=O)O)C1.CC1(C)CC(=O)c2c([nH]c(/C=C3\C(=O)Nc4ccc(NS(=O)(=O)c5ccccc5)cc43)c2CCC(=O)O)C1. The molecule has 8 N–H and O–H groups in total. The van der Waals surface area contributed by atoms with Gasteiger partial charge >= 0.3 is 11.9 Å². The van der Waals surface area contributed by atoms with Crippen molar-refractivity contribution in [1.82, 2.24) is 9.97 Å². The first-order chi connectivity index (χ1) is 35.9. The summed E-state index contributed by atoms with van der Waals surface area (Å²) in [5.41, 5.74) is 7.34. The molecule has 0 bridgehead atoms. The molecule has 0 spiro atoms. The number of H-pyrrole nitrogens is 2. The molecule has 18 nitrogen and oxygen atoms in total. The predicted molar refractivity (Wildman–Crippen MR) is 287 cm³/mol. The standard InChI is InChI=1S/2C28H27N3O6S/c2*1-28(2)14-23-26(24(32)15-28)18(9-11-25(33)34)22(29-23)13-20-19-12-16(8-10-21(19)30-27(20)35)31-38(36,37)17-6-4-3-5-7-17/h2*3-8,10,12-13,29,31H,9,11,14-15H2,1-2H3,(H,30,35)(H,33,34)/b2*20-13-. The van der Waals surface area contributed by atoms with E-state index in [9.17, 15) is 55.8 Å². The number of amides is 2. The molecule has 2 aliphatic heterocycles.